The molecule has 0 aromatic heterocycles. The zero-order chi connectivity index (χ0) is 22.9. The quantitative estimate of drug-likeness (QED) is 0.195. The van der Waals surface area contributed by atoms with Gasteiger partial charge in [0.25, 0.3) is 0 Å². The number of guanidine groups is 1. The molecule has 3 N–H and O–H groups in total. The summed E-state index contributed by atoms with van der Waals surface area (Å²) in [6.45, 7) is -0.692. The molecule has 0 atom stereocenters. The Morgan fingerprint density at radius 1 is 1.24 bits per heavy atom. The lowest BCUT2D eigenvalue weighted by Gasteiger charge is -2.13. The molecule has 0 fully saturated rings. The molecule has 33 heavy (non-hydrogen) atoms. The molecule has 0 spiro atoms. The van der Waals surface area contributed by atoms with Gasteiger partial charge in [-0.1, -0.05) is 12.0 Å². The number of fused-ring (bicyclic) bond motifs is 1. The largest absolute Gasteiger partial charge is 0.454 e. The number of amides is 1. The number of halogens is 3. The maximum absolute atomic E-state index is 12.8. The number of nitrogens with zero attached hydrogens (tertiary/aromatic N) is 1. The van der Waals surface area contributed by atoms with E-state index in [1.54, 1.807) is 24.3 Å². The lowest BCUT2D eigenvalue weighted by molar-refractivity contribution is -0.115. The van der Waals surface area contributed by atoms with Gasteiger partial charge in [0.1, 0.15) is 5.75 Å². The van der Waals surface area contributed by atoms with Gasteiger partial charge in [0.2, 0.25) is 12.7 Å². The van der Waals surface area contributed by atoms with E-state index < -0.39 is 6.61 Å². The van der Waals surface area contributed by atoms with Gasteiger partial charge in [0.15, 0.2) is 17.5 Å². The normalized spacial score (nSPS) is 11.9. The molecule has 0 aliphatic carbocycles. The molecule has 1 amide bonds. The summed E-state index contributed by atoms with van der Waals surface area (Å²) in [7, 11) is 0. The van der Waals surface area contributed by atoms with E-state index in [0.29, 0.717) is 40.8 Å². The van der Waals surface area contributed by atoms with Crippen LogP contribution in [0.4, 0.5) is 14.5 Å². The Hall–Kier alpha value is -3.27. The number of carbonyl (C=O) groups excluding carboxylic acids is 1. The SMILES string of the molecule is C#Cc1cccc(NC(=O)CNC(=NCc2cc3c(cc2OC(F)F)OCO3)NCC)c1.I. The molecule has 2 aromatic rings. The number of anilines is 1. The zero-order valence-corrected chi connectivity index (χ0v) is 20.0. The van der Waals surface area contributed by atoms with Crippen molar-refractivity contribution in [2.24, 2.45) is 4.99 Å². The van der Waals surface area contributed by atoms with E-state index in [-0.39, 0.29) is 55.5 Å². The fraction of sp³-hybridized carbons (Fsp3) is 0.273. The van der Waals surface area contributed by atoms with Crippen molar-refractivity contribution in [3.05, 3.63) is 47.5 Å². The summed E-state index contributed by atoms with van der Waals surface area (Å²) in [5.41, 5.74) is 1.60. The number of nitrogens with one attached hydrogen (secondary N) is 3. The van der Waals surface area contributed by atoms with Crippen LogP contribution in [0.15, 0.2) is 41.4 Å². The molecule has 8 nitrogen and oxygen atoms in total. The molecule has 1 aliphatic rings. The summed E-state index contributed by atoms with van der Waals surface area (Å²) in [6.07, 6.45) is 5.37. The molecule has 0 bridgehead atoms. The minimum atomic E-state index is -3.00. The molecule has 2 aromatic carbocycles. The van der Waals surface area contributed by atoms with Crippen molar-refractivity contribution in [1.82, 2.24) is 10.6 Å². The minimum Gasteiger partial charge on any atom is -0.454 e. The number of carbonyl (C=O) groups is 1. The van der Waals surface area contributed by atoms with E-state index in [9.17, 15) is 13.6 Å². The summed E-state index contributed by atoms with van der Waals surface area (Å²) in [6, 6.07) is 9.79. The third-order valence-electron chi connectivity index (χ3n) is 4.25. The second kappa shape index (κ2) is 12.7. The molecule has 1 aliphatic heterocycles. The molecule has 0 radical (unpaired) electrons. The van der Waals surface area contributed by atoms with Crippen LogP contribution in [0.1, 0.15) is 18.1 Å². The van der Waals surface area contributed by atoms with Gasteiger partial charge in [0.05, 0.1) is 13.1 Å². The van der Waals surface area contributed by atoms with Crippen molar-refractivity contribution in [3.8, 4) is 29.6 Å². The Morgan fingerprint density at radius 2 is 2.00 bits per heavy atom. The molecule has 176 valence electrons. The van der Waals surface area contributed by atoms with Crippen LogP contribution in [0.5, 0.6) is 17.2 Å². The van der Waals surface area contributed by atoms with E-state index in [2.05, 4.69) is 31.6 Å². The average Bonchev–Trinajstić information content (AvgIpc) is 3.22. The second-order valence-electron chi connectivity index (χ2n) is 6.51. The van der Waals surface area contributed by atoms with Crippen LogP contribution >= 0.6 is 24.0 Å². The molecular weight excluding hydrogens is 549 g/mol. The van der Waals surface area contributed by atoms with Gasteiger partial charge in [-0.15, -0.1) is 30.4 Å². The topological polar surface area (TPSA) is 93.2 Å². The Morgan fingerprint density at radius 3 is 2.70 bits per heavy atom. The zero-order valence-electron chi connectivity index (χ0n) is 17.7. The van der Waals surface area contributed by atoms with Crippen molar-refractivity contribution in [3.63, 3.8) is 0 Å². The fourth-order valence-corrected chi connectivity index (χ4v) is 2.86. The molecule has 0 saturated heterocycles. The fourth-order valence-electron chi connectivity index (χ4n) is 2.86. The van der Waals surface area contributed by atoms with Crippen LogP contribution in [-0.2, 0) is 11.3 Å². The van der Waals surface area contributed by atoms with Gasteiger partial charge < -0.3 is 30.2 Å². The van der Waals surface area contributed by atoms with Crippen molar-refractivity contribution in [1.29, 1.82) is 0 Å². The number of ether oxygens (including phenoxy) is 3. The first-order valence-corrected chi connectivity index (χ1v) is 9.74. The monoisotopic (exact) mass is 572 g/mol. The van der Waals surface area contributed by atoms with E-state index in [1.165, 1.54) is 12.1 Å². The minimum absolute atomic E-state index is 0. The van der Waals surface area contributed by atoms with E-state index >= 15 is 0 Å². The predicted octanol–water partition coefficient (Wildman–Crippen LogP) is 3.31. The highest BCUT2D eigenvalue weighted by molar-refractivity contribution is 14.0. The smallest absolute Gasteiger partial charge is 0.387 e. The lowest BCUT2D eigenvalue weighted by Crippen LogP contribution is -2.41. The van der Waals surface area contributed by atoms with Crippen LogP contribution in [0.2, 0.25) is 0 Å². The number of rotatable bonds is 8. The summed E-state index contributed by atoms with van der Waals surface area (Å²) < 4.78 is 40.7. The van der Waals surface area contributed by atoms with Gasteiger partial charge in [-0.3, -0.25) is 4.79 Å². The summed E-state index contributed by atoms with van der Waals surface area (Å²) in [5.74, 6) is 3.19. The van der Waals surface area contributed by atoms with Crippen LogP contribution in [0.3, 0.4) is 0 Å². The van der Waals surface area contributed by atoms with E-state index in [0.717, 1.165) is 0 Å². The highest BCUT2D eigenvalue weighted by atomic mass is 127. The van der Waals surface area contributed by atoms with Crippen molar-refractivity contribution in [2.75, 3.05) is 25.2 Å². The Labute approximate surface area is 207 Å². The molecule has 0 saturated carbocycles. The van der Waals surface area contributed by atoms with Crippen molar-refractivity contribution in [2.45, 2.75) is 20.1 Å². The third kappa shape index (κ3) is 7.67. The Bertz CT molecular complexity index is 1040. The molecule has 1 heterocycles. The third-order valence-corrected chi connectivity index (χ3v) is 4.25. The van der Waals surface area contributed by atoms with Gasteiger partial charge in [-0.05, 0) is 31.2 Å². The van der Waals surface area contributed by atoms with E-state index in [1.807, 2.05) is 6.92 Å². The number of alkyl halides is 2. The number of benzene rings is 2. The first-order chi connectivity index (χ1) is 15.5. The molecule has 3 rings (SSSR count). The summed E-state index contributed by atoms with van der Waals surface area (Å²) in [5, 5.41) is 8.62. The van der Waals surface area contributed by atoms with Crippen molar-refractivity contribution >= 4 is 41.5 Å². The Kier molecular flexibility index (Phi) is 9.99. The van der Waals surface area contributed by atoms with Gasteiger partial charge in [0, 0.05) is 29.4 Å². The van der Waals surface area contributed by atoms with Crippen LogP contribution in [0, 0.1) is 12.3 Å². The summed E-state index contributed by atoms with van der Waals surface area (Å²) in [4.78, 5) is 16.6. The number of hydrogen-bond acceptors (Lipinski definition) is 5. The van der Waals surface area contributed by atoms with Crippen LogP contribution in [0.25, 0.3) is 0 Å². The maximum Gasteiger partial charge on any atom is 0.387 e. The van der Waals surface area contributed by atoms with E-state index in [4.69, 9.17) is 15.9 Å². The number of hydrogen-bond donors (Lipinski definition) is 3. The predicted molar refractivity (Wildman–Crippen MR) is 130 cm³/mol. The van der Waals surface area contributed by atoms with Crippen molar-refractivity contribution < 1.29 is 27.8 Å². The molecule has 0 unspecified atom stereocenters. The first kappa shape index (κ1) is 26.0. The first-order valence-electron chi connectivity index (χ1n) is 9.74. The highest BCUT2D eigenvalue weighted by Gasteiger charge is 2.20. The number of aliphatic imine (C=N–C) groups is 1. The average molecular weight is 572 g/mol. The highest BCUT2D eigenvalue weighted by Crippen LogP contribution is 2.39. The van der Waals surface area contributed by atoms with Crippen LogP contribution < -0.4 is 30.2 Å². The Balaban J connectivity index is 0.00000385. The molecular formula is C22H23F2IN4O4. The van der Waals surface area contributed by atoms with Crippen LogP contribution in [-0.4, -0.2) is 38.4 Å². The van der Waals surface area contributed by atoms with Gasteiger partial charge in [-0.25, -0.2) is 4.99 Å². The maximum atomic E-state index is 12.8. The number of terminal acetylenes is 1. The lowest BCUT2D eigenvalue weighted by atomic mass is 10.1. The summed E-state index contributed by atoms with van der Waals surface area (Å²) >= 11 is 0. The van der Waals surface area contributed by atoms with Gasteiger partial charge >= 0.3 is 6.61 Å². The second-order valence-corrected chi connectivity index (χ2v) is 6.51. The standard InChI is InChI=1S/C22H22F2N4O4.HI/c1-3-14-6-5-7-16(8-14)28-20(29)12-27-22(25-4-2)26-11-15-9-18-19(31-13-30-18)10-17(15)32-21(23)24;/h1,5-10,21H,4,11-13H2,2H3,(H,28,29)(H2,25,26,27);1H. The molecule has 11 heteroatoms. The van der Waals surface area contributed by atoms with Gasteiger partial charge in [-0.2, -0.15) is 8.78 Å².